The van der Waals surface area contributed by atoms with E-state index in [4.69, 9.17) is 11.0 Å². The fourth-order valence-corrected chi connectivity index (χ4v) is 1.86. The van der Waals surface area contributed by atoms with E-state index in [0.29, 0.717) is 5.56 Å². The molecule has 0 bridgehead atoms. The molecule has 84 valence electrons. The maximum atomic E-state index is 8.88. The molecule has 0 saturated heterocycles. The van der Waals surface area contributed by atoms with Crippen LogP contribution in [0.4, 0.5) is 5.69 Å². The van der Waals surface area contributed by atoms with E-state index in [1.165, 1.54) is 0 Å². The van der Waals surface area contributed by atoms with Gasteiger partial charge in [-0.1, -0.05) is 25.1 Å². The van der Waals surface area contributed by atoms with Crippen molar-refractivity contribution in [3.05, 3.63) is 53.6 Å². The van der Waals surface area contributed by atoms with Gasteiger partial charge in [0.05, 0.1) is 11.6 Å². The van der Waals surface area contributed by atoms with Crippen molar-refractivity contribution in [1.82, 2.24) is 0 Å². The number of nitrogen functional groups attached to an aromatic ring is 1. The average Bonchev–Trinajstić information content (AvgIpc) is 2.39. The van der Waals surface area contributed by atoms with Crippen molar-refractivity contribution in [2.24, 2.45) is 0 Å². The van der Waals surface area contributed by atoms with Gasteiger partial charge in [-0.25, -0.2) is 0 Å². The van der Waals surface area contributed by atoms with Crippen molar-refractivity contribution in [3.63, 3.8) is 0 Å². The molecule has 0 aliphatic carbocycles. The number of nitrogens with zero attached hydrogens (tertiary/aromatic N) is 1. The molecule has 0 saturated carbocycles. The highest BCUT2D eigenvalue weighted by Crippen LogP contribution is 2.24. The lowest BCUT2D eigenvalue weighted by Gasteiger charge is -2.07. The fourth-order valence-electron chi connectivity index (χ4n) is 1.86. The van der Waals surface area contributed by atoms with E-state index in [2.05, 4.69) is 19.1 Å². The summed E-state index contributed by atoms with van der Waals surface area (Å²) in [5.41, 5.74) is 10.7. The summed E-state index contributed by atoms with van der Waals surface area (Å²) in [5.74, 6) is 0. The van der Waals surface area contributed by atoms with Crippen molar-refractivity contribution in [2.75, 3.05) is 5.73 Å². The van der Waals surface area contributed by atoms with Crippen LogP contribution >= 0.6 is 0 Å². The lowest BCUT2D eigenvalue weighted by molar-refractivity contribution is 1.15. The minimum Gasteiger partial charge on any atom is -0.399 e. The number of anilines is 1. The third-order valence-electron chi connectivity index (χ3n) is 2.85. The van der Waals surface area contributed by atoms with Gasteiger partial charge in [0, 0.05) is 5.69 Å². The van der Waals surface area contributed by atoms with E-state index in [0.717, 1.165) is 28.8 Å². The minimum absolute atomic E-state index is 0.678. The Morgan fingerprint density at radius 2 is 1.88 bits per heavy atom. The van der Waals surface area contributed by atoms with E-state index in [1.54, 1.807) is 0 Å². The molecule has 0 aliphatic heterocycles. The van der Waals surface area contributed by atoms with E-state index < -0.39 is 0 Å². The van der Waals surface area contributed by atoms with Crippen LogP contribution < -0.4 is 5.73 Å². The van der Waals surface area contributed by atoms with Gasteiger partial charge in [-0.2, -0.15) is 5.26 Å². The third-order valence-corrected chi connectivity index (χ3v) is 2.85. The summed E-state index contributed by atoms with van der Waals surface area (Å²) in [6.07, 6.45) is 0.914. The maximum absolute atomic E-state index is 8.88. The number of nitrogens with two attached hydrogens (primary N) is 1. The number of nitriles is 1. The summed E-state index contributed by atoms with van der Waals surface area (Å²) in [6, 6.07) is 15.8. The van der Waals surface area contributed by atoms with Crippen LogP contribution in [-0.4, -0.2) is 0 Å². The number of aryl methyl sites for hydroxylation is 1. The zero-order valence-corrected chi connectivity index (χ0v) is 9.77. The molecule has 2 heteroatoms. The fraction of sp³-hybridized carbons (Fsp3) is 0.133. The van der Waals surface area contributed by atoms with Crippen LogP contribution in [0.25, 0.3) is 11.1 Å². The van der Waals surface area contributed by atoms with Crippen LogP contribution in [0.1, 0.15) is 18.1 Å². The maximum Gasteiger partial charge on any atom is 0.0991 e. The SMILES string of the molecule is CCc1cc(-c2cccc(C#N)c2)ccc1N. The zero-order chi connectivity index (χ0) is 12.3. The molecular weight excluding hydrogens is 208 g/mol. The third kappa shape index (κ3) is 2.29. The van der Waals surface area contributed by atoms with Crippen LogP contribution in [0.2, 0.25) is 0 Å². The first-order chi connectivity index (χ1) is 8.24. The van der Waals surface area contributed by atoms with E-state index in [-0.39, 0.29) is 0 Å². The summed E-state index contributed by atoms with van der Waals surface area (Å²) in [4.78, 5) is 0. The number of hydrogen-bond donors (Lipinski definition) is 1. The molecule has 0 atom stereocenters. The second-order valence-corrected chi connectivity index (χ2v) is 3.96. The monoisotopic (exact) mass is 222 g/mol. The Morgan fingerprint density at radius 3 is 2.59 bits per heavy atom. The highest BCUT2D eigenvalue weighted by Gasteiger charge is 2.02. The summed E-state index contributed by atoms with van der Waals surface area (Å²) in [5, 5.41) is 8.88. The summed E-state index contributed by atoms with van der Waals surface area (Å²) >= 11 is 0. The molecule has 0 unspecified atom stereocenters. The quantitative estimate of drug-likeness (QED) is 0.792. The van der Waals surface area contributed by atoms with Gasteiger partial charge in [-0.15, -0.1) is 0 Å². The van der Waals surface area contributed by atoms with Gasteiger partial charge in [0.25, 0.3) is 0 Å². The summed E-state index contributed by atoms with van der Waals surface area (Å²) < 4.78 is 0. The predicted molar refractivity (Wildman–Crippen MR) is 70.4 cm³/mol. The predicted octanol–water partition coefficient (Wildman–Crippen LogP) is 3.37. The normalized spacial score (nSPS) is 9.88. The van der Waals surface area contributed by atoms with Crippen LogP contribution in [0.5, 0.6) is 0 Å². The van der Waals surface area contributed by atoms with Crippen molar-refractivity contribution in [3.8, 4) is 17.2 Å². The van der Waals surface area contributed by atoms with Crippen molar-refractivity contribution in [2.45, 2.75) is 13.3 Å². The van der Waals surface area contributed by atoms with E-state index in [9.17, 15) is 0 Å². The minimum atomic E-state index is 0.678. The molecular formula is C15H14N2. The van der Waals surface area contributed by atoms with Gasteiger partial charge < -0.3 is 5.73 Å². The summed E-state index contributed by atoms with van der Waals surface area (Å²) in [7, 11) is 0. The van der Waals surface area contributed by atoms with Crippen molar-refractivity contribution in [1.29, 1.82) is 5.26 Å². The molecule has 2 rings (SSSR count). The molecule has 0 amide bonds. The number of benzene rings is 2. The second kappa shape index (κ2) is 4.71. The lowest BCUT2D eigenvalue weighted by atomic mass is 9.99. The van der Waals surface area contributed by atoms with Gasteiger partial charge in [0.2, 0.25) is 0 Å². The summed E-state index contributed by atoms with van der Waals surface area (Å²) in [6.45, 7) is 2.08. The van der Waals surface area contributed by atoms with Crippen LogP contribution in [-0.2, 0) is 6.42 Å². The first-order valence-corrected chi connectivity index (χ1v) is 5.63. The molecule has 2 N–H and O–H groups in total. The zero-order valence-electron chi connectivity index (χ0n) is 9.77. The molecule has 0 aliphatic rings. The van der Waals surface area contributed by atoms with Crippen molar-refractivity contribution >= 4 is 5.69 Å². The van der Waals surface area contributed by atoms with Gasteiger partial charge in [-0.05, 0) is 47.4 Å². The Hall–Kier alpha value is -2.27. The first kappa shape index (κ1) is 11.2. The van der Waals surface area contributed by atoms with Gasteiger partial charge in [-0.3, -0.25) is 0 Å². The van der Waals surface area contributed by atoms with Gasteiger partial charge in [0.15, 0.2) is 0 Å². The van der Waals surface area contributed by atoms with Crippen LogP contribution in [0.15, 0.2) is 42.5 Å². The molecule has 17 heavy (non-hydrogen) atoms. The highest BCUT2D eigenvalue weighted by molar-refractivity contribution is 5.69. The molecule has 0 heterocycles. The van der Waals surface area contributed by atoms with Crippen molar-refractivity contribution < 1.29 is 0 Å². The van der Waals surface area contributed by atoms with Crippen LogP contribution in [0.3, 0.4) is 0 Å². The lowest BCUT2D eigenvalue weighted by Crippen LogP contribution is -1.93. The highest BCUT2D eigenvalue weighted by atomic mass is 14.6. The first-order valence-electron chi connectivity index (χ1n) is 5.63. The standard InChI is InChI=1S/C15H14N2/c1-2-12-9-14(6-7-15(12)17)13-5-3-4-11(8-13)10-16/h3-9H,2,17H2,1H3. The topological polar surface area (TPSA) is 49.8 Å². The smallest absolute Gasteiger partial charge is 0.0991 e. The van der Waals surface area contributed by atoms with E-state index >= 15 is 0 Å². The molecule has 0 fully saturated rings. The molecule has 2 aromatic rings. The molecule has 2 aromatic carbocycles. The number of hydrogen-bond acceptors (Lipinski definition) is 2. The molecule has 0 aromatic heterocycles. The molecule has 2 nitrogen and oxygen atoms in total. The Balaban J connectivity index is 2.49. The Bertz CT molecular complexity index is 580. The van der Waals surface area contributed by atoms with Gasteiger partial charge in [0.1, 0.15) is 0 Å². The largest absolute Gasteiger partial charge is 0.399 e. The Morgan fingerprint density at radius 1 is 1.12 bits per heavy atom. The van der Waals surface area contributed by atoms with E-state index in [1.807, 2.05) is 36.4 Å². The molecule has 0 spiro atoms. The Labute approximate surface area is 101 Å². The molecule has 0 radical (unpaired) electrons. The van der Waals surface area contributed by atoms with Crippen LogP contribution in [0, 0.1) is 11.3 Å². The second-order valence-electron chi connectivity index (χ2n) is 3.96. The Kier molecular flexibility index (Phi) is 3.11. The average molecular weight is 222 g/mol. The number of rotatable bonds is 2. The van der Waals surface area contributed by atoms with Gasteiger partial charge >= 0.3 is 0 Å².